The Balaban J connectivity index is 1.51. The Morgan fingerprint density at radius 2 is 1.93 bits per heavy atom. The zero-order chi connectivity index (χ0) is 20.3. The molecule has 1 aliphatic heterocycles. The number of piperidine rings is 1. The van der Waals surface area contributed by atoms with Crippen molar-refractivity contribution >= 4 is 26.6 Å². The number of hydrogen-bond acceptors (Lipinski definition) is 6. The molecule has 0 radical (unpaired) electrons. The number of nitrogens with zero attached hydrogens (tertiary/aromatic N) is 3. The third-order valence-electron chi connectivity index (χ3n) is 5.09. The Kier molecular flexibility index (Phi) is 5.64. The van der Waals surface area contributed by atoms with Crippen LogP contribution in [-0.4, -0.2) is 48.1 Å². The van der Waals surface area contributed by atoms with Crippen molar-refractivity contribution in [3.05, 3.63) is 60.4 Å². The molecule has 7 nitrogen and oxygen atoms in total. The van der Waals surface area contributed by atoms with Gasteiger partial charge in [-0.25, -0.2) is 12.7 Å². The van der Waals surface area contributed by atoms with E-state index in [1.165, 1.54) is 10.6 Å². The van der Waals surface area contributed by atoms with Gasteiger partial charge in [0.15, 0.2) is 0 Å². The van der Waals surface area contributed by atoms with Crippen molar-refractivity contribution < 1.29 is 13.2 Å². The zero-order valence-electron chi connectivity index (χ0n) is 16.3. The molecule has 8 heteroatoms. The van der Waals surface area contributed by atoms with Gasteiger partial charge in [-0.05, 0) is 30.5 Å². The molecule has 29 heavy (non-hydrogen) atoms. The molecule has 1 aromatic carbocycles. The molecule has 0 unspecified atom stereocenters. The molecule has 1 N–H and O–H groups in total. The second kappa shape index (κ2) is 8.34. The predicted molar refractivity (Wildman–Crippen MR) is 113 cm³/mol. The van der Waals surface area contributed by atoms with E-state index in [-0.39, 0.29) is 6.04 Å². The molecular weight excluding hydrogens is 388 g/mol. The highest BCUT2D eigenvalue weighted by molar-refractivity contribution is 7.88. The normalized spacial score (nSPS) is 16.0. The highest BCUT2D eigenvalue weighted by Crippen LogP contribution is 2.28. The van der Waals surface area contributed by atoms with Crippen molar-refractivity contribution in [2.45, 2.75) is 25.5 Å². The number of hydrogen-bond donors (Lipinski definition) is 1. The molecule has 1 aliphatic rings. The van der Waals surface area contributed by atoms with Gasteiger partial charge in [-0.15, -0.1) is 0 Å². The number of aromatic nitrogens is 2. The summed E-state index contributed by atoms with van der Waals surface area (Å²) in [6.45, 7) is 1.47. The molecule has 152 valence electrons. The number of sulfonamides is 1. The number of fused-ring (bicyclic) bond motifs is 1. The lowest BCUT2D eigenvalue weighted by Gasteiger charge is -2.31. The van der Waals surface area contributed by atoms with E-state index in [9.17, 15) is 8.42 Å². The number of anilines is 1. The number of benzene rings is 1. The molecule has 0 spiro atoms. The zero-order valence-corrected chi connectivity index (χ0v) is 17.1. The van der Waals surface area contributed by atoms with Crippen LogP contribution >= 0.6 is 0 Å². The highest BCUT2D eigenvalue weighted by Gasteiger charge is 2.25. The Morgan fingerprint density at radius 1 is 1.17 bits per heavy atom. The third-order valence-corrected chi connectivity index (χ3v) is 6.39. The van der Waals surface area contributed by atoms with Gasteiger partial charge < -0.3 is 10.1 Å². The summed E-state index contributed by atoms with van der Waals surface area (Å²) in [6, 6.07) is 14.0. The number of nitrogens with one attached hydrogen (secondary N) is 1. The Labute approximate surface area is 170 Å². The maximum Gasteiger partial charge on any atom is 0.223 e. The fourth-order valence-electron chi connectivity index (χ4n) is 3.52. The molecular formula is C21H24N4O3S. The number of ether oxygens (including phenoxy) is 1. The van der Waals surface area contributed by atoms with Crippen molar-refractivity contribution in [1.82, 2.24) is 14.3 Å². The molecule has 0 aliphatic carbocycles. The molecule has 4 rings (SSSR count). The maximum absolute atomic E-state index is 11.7. The van der Waals surface area contributed by atoms with E-state index in [2.05, 4.69) is 15.3 Å². The van der Waals surface area contributed by atoms with Crippen molar-refractivity contribution in [1.29, 1.82) is 0 Å². The quantitative estimate of drug-likeness (QED) is 0.670. The third kappa shape index (κ3) is 4.83. The van der Waals surface area contributed by atoms with Crippen molar-refractivity contribution in [2.24, 2.45) is 0 Å². The van der Waals surface area contributed by atoms with E-state index < -0.39 is 10.0 Å². The minimum absolute atomic E-state index is 0.164. The van der Waals surface area contributed by atoms with Gasteiger partial charge in [0.05, 0.1) is 6.26 Å². The van der Waals surface area contributed by atoms with Crippen LogP contribution in [0.25, 0.3) is 10.8 Å². The molecule has 1 fully saturated rings. The lowest BCUT2D eigenvalue weighted by molar-refractivity contribution is 0.298. The molecule has 1 saturated heterocycles. The first-order valence-corrected chi connectivity index (χ1v) is 11.5. The van der Waals surface area contributed by atoms with Crippen LogP contribution in [0.3, 0.4) is 0 Å². The smallest absolute Gasteiger partial charge is 0.223 e. The first kappa shape index (κ1) is 19.6. The van der Waals surface area contributed by atoms with Gasteiger partial charge in [-0.1, -0.05) is 30.3 Å². The van der Waals surface area contributed by atoms with Crippen LogP contribution in [0, 0.1) is 0 Å². The lowest BCUT2D eigenvalue weighted by atomic mass is 10.1. The van der Waals surface area contributed by atoms with E-state index in [1.807, 2.05) is 42.5 Å². The van der Waals surface area contributed by atoms with Gasteiger partial charge in [-0.2, -0.15) is 4.98 Å². The summed E-state index contributed by atoms with van der Waals surface area (Å²) in [6.07, 6.45) is 6.26. The van der Waals surface area contributed by atoms with Crippen LogP contribution in [-0.2, 0) is 16.6 Å². The van der Waals surface area contributed by atoms with E-state index in [1.54, 1.807) is 12.4 Å². The van der Waals surface area contributed by atoms with Crippen molar-refractivity contribution in [3.63, 3.8) is 0 Å². The summed E-state index contributed by atoms with van der Waals surface area (Å²) in [5.41, 5.74) is 1.07. The minimum atomic E-state index is -3.13. The summed E-state index contributed by atoms with van der Waals surface area (Å²) in [5, 5.41) is 5.30. The fraction of sp³-hybridized carbons (Fsp3) is 0.333. The fourth-order valence-corrected chi connectivity index (χ4v) is 4.39. The Bertz CT molecular complexity index is 1080. The summed E-state index contributed by atoms with van der Waals surface area (Å²) in [5.74, 6) is 1.27. The summed E-state index contributed by atoms with van der Waals surface area (Å²) < 4.78 is 31.0. The average molecular weight is 413 g/mol. The van der Waals surface area contributed by atoms with Gasteiger partial charge in [-0.3, -0.25) is 4.98 Å². The molecule has 3 heterocycles. The van der Waals surface area contributed by atoms with E-state index in [0.29, 0.717) is 31.4 Å². The topological polar surface area (TPSA) is 84.4 Å². The second-order valence-corrected chi connectivity index (χ2v) is 9.25. The standard InChI is InChI=1S/C21H24N4O3S/c1-29(26,27)25-11-8-18(9-12-25)23-20-13-17-14-22-10-7-19(17)21(24-20)28-15-16-5-3-2-4-6-16/h2-7,10,13-14,18H,8-9,11-12,15H2,1H3,(H,23,24). The molecule has 3 aromatic rings. The number of pyridine rings is 2. The van der Waals surface area contributed by atoms with Crippen LogP contribution in [0.5, 0.6) is 5.88 Å². The maximum atomic E-state index is 11.7. The molecule has 0 atom stereocenters. The van der Waals surface area contributed by atoms with Gasteiger partial charge in [0.2, 0.25) is 15.9 Å². The van der Waals surface area contributed by atoms with Crippen LogP contribution in [0.1, 0.15) is 18.4 Å². The second-order valence-electron chi connectivity index (χ2n) is 7.26. The molecule has 2 aromatic heterocycles. The summed E-state index contributed by atoms with van der Waals surface area (Å²) in [7, 11) is -3.13. The SMILES string of the molecule is CS(=O)(=O)N1CCC(Nc2cc3cnccc3c(OCc3ccccc3)n2)CC1. The summed E-state index contributed by atoms with van der Waals surface area (Å²) in [4.78, 5) is 8.90. The van der Waals surface area contributed by atoms with Gasteiger partial charge in [0, 0.05) is 42.3 Å². The largest absolute Gasteiger partial charge is 0.472 e. The predicted octanol–water partition coefficient (Wildman–Crippen LogP) is 3.04. The molecule has 0 bridgehead atoms. The first-order valence-electron chi connectivity index (χ1n) is 9.62. The van der Waals surface area contributed by atoms with Crippen LogP contribution < -0.4 is 10.1 Å². The van der Waals surface area contributed by atoms with Gasteiger partial charge >= 0.3 is 0 Å². The minimum Gasteiger partial charge on any atom is -0.472 e. The lowest BCUT2D eigenvalue weighted by Crippen LogP contribution is -2.41. The van der Waals surface area contributed by atoms with E-state index >= 15 is 0 Å². The number of rotatable bonds is 6. The van der Waals surface area contributed by atoms with E-state index in [0.717, 1.165) is 29.2 Å². The van der Waals surface area contributed by atoms with Crippen LogP contribution in [0.2, 0.25) is 0 Å². The van der Waals surface area contributed by atoms with Crippen LogP contribution in [0.4, 0.5) is 5.82 Å². The van der Waals surface area contributed by atoms with Crippen molar-refractivity contribution in [2.75, 3.05) is 24.7 Å². The Morgan fingerprint density at radius 3 is 2.66 bits per heavy atom. The van der Waals surface area contributed by atoms with Crippen molar-refractivity contribution in [3.8, 4) is 5.88 Å². The average Bonchev–Trinajstić information content (AvgIpc) is 2.72. The summed E-state index contributed by atoms with van der Waals surface area (Å²) >= 11 is 0. The van der Waals surface area contributed by atoms with E-state index in [4.69, 9.17) is 4.74 Å². The van der Waals surface area contributed by atoms with Gasteiger partial charge in [0.25, 0.3) is 0 Å². The first-order chi connectivity index (χ1) is 14.0. The van der Waals surface area contributed by atoms with Gasteiger partial charge in [0.1, 0.15) is 12.4 Å². The van der Waals surface area contributed by atoms with Crippen LogP contribution in [0.15, 0.2) is 54.9 Å². The highest BCUT2D eigenvalue weighted by atomic mass is 32.2. The molecule has 0 amide bonds. The molecule has 0 saturated carbocycles. The Hall–Kier alpha value is -2.71. The monoisotopic (exact) mass is 412 g/mol.